The van der Waals surface area contributed by atoms with Crippen molar-refractivity contribution in [1.82, 2.24) is 10.6 Å². The number of guanidine groups is 1. The topological polar surface area (TPSA) is 65.9 Å². The maximum atomic E-state index is 9.78. The van der Waals surface area contributed by atoms with E-state index in [1.807, 2.05) is 13.0 Å². The Hall–Kier alpha value is -1.91. The van der Waals surface area contributed by atoms with E-state index in [4.69, 9.17) is 4.74 Å². The fraction of sp³-hybridized carbons (Fsp3) is 0.588. The summed E-state index contributed by atoms with van der Waals surface area (Å²) in [6.07, 6.45) is 4.92. The third kappa shape index (κ3) is 6.70. The van der Waals surface area contributed by atoms with Crippen molar-refractivity contribution < 1.29 is 9.84 Å². The van der Waals surface area contributed by atoms with Crippen LogP contribution in [0.15, 0.2) is 23.2 Å². The lowest BCUT2D eigenvalue weighted by Crippen LogP contribution is -2.37. The van der Waals surface area contributed by atoms with Crippen LogP contribution < -0.4 is 15.4 Å². The number of methoxy groups -OCH3 is 1. The number of unbranched alkanes of at least 4 members (excludes halogenated alkanes) is 3. The Labute approximate surface area is 133 Å². The number of hydrogen-bond donors (Lipinski definition) is 3. The van der Waals surface area contributed by atoms with Crippen LogP contribution in [-0.4, -0.2) is 31.3 Å². The van der Waals surface area contributed by atoms with Crippen molar-refractivity contribution in [3.63, 3.8) is 0 Å². The second-order valence-corrected chi connectivity index (χ2v) is 5.19. The summed E-state index contributed by atoms with van der Waals surface area (Å²) in [6, 6.07) is 5.35. The molecular formula is C17H29N3O2. The number of aromatic hydroxyl groups is 1. The van der Waals surface area contributed by atoms with Crippen molar-refractivity contribution in [2.75, 3.05) is 20.2 Å². The van der Waals surface area contributed by atoms with Gasteiger partial charge in [0, 0.05) is 13.1 Å². The Morgan fingerprint density at radius 2 is 2.00 bits per heavy atom. The molecule has 1 aromatic rings. The predicted molar refractivity (Wildman–Crippen MR) is 91.6 cm³/mol. The molecule has 0 radical (unpaired) electrons. The van der Waals surface area contributed by atoms with Gasteiger partial charge in [0.2, 0.25) is 0 Å². The molecule has 0 saturated carbocycles. The van der Waals surface area contributed by atoms with Crippen LogP contribution in [0, 0.1) is 0 Å². The molecule has 0 heterocycles. The highest BCUT2D eigenvalue weighted by Crippen LogP contribution is 2.26. The van der Waals surface area contributed by atoms with Crippen molar-refractivity contribution in [2.24, 2.45) is 4.99 Å². The second kappa shape index (κ2) is 10.8. The molecule has 1 aromatic carbocycles. The monoisotopic (exact) mass is 307 g/mol. The first-order chi connectivity index (χ1) is 10.7. The fourth-order valence-electron chi connectivity index (χ4n) is 2.10. The molecule has 3 N–H and O–H groups in total. The van der Waals surface area contributed by atoms with Gasteiger partial charge in [-0.1, -0.05) is 32.3 Å². The Kier molecular flexibility index (Phi) is 8.88. The second-order valence-electron chi connectivity index (χ2n) is 5.19. The van der Waals surface area contributed by atoms with Gasteiger partial charge in [-0.15, -0.1) is 0 Å². The summed E-state index contributed by atoms with van der Waals surface area (Å²) in [4.78, 5) is 4.54. The summed E-state index contributed by atoms with van der Waals surface area (Å²) in [5.41, 5.74) is 0.946. The quantitative estimate of drug-likeness (QED) is 0.373. The zero-order chi connectivity index (χ0) is 16.2. The van der Waals surface area contributed by atoms with Crippen molar-refractivity contribution >= 4 is 5.96 Å². The maximum Gasteiger partial charge on any atom is 0.191 e. The third-order valence-corrected chi connectivity index (χ3v) is 3.33. The zero-order valence-electron chi connectivity index (χ0n) is 14.0. The number of ether oxygens (including phenoxy) is 1. The molecule has 0 bridgehead atoms. The van der Waals surface area contributed by atoms with Crippen LogP contribution in [0.4, 0.5) is 0 Å². The van der Waals surface area contributed by atoms with E-state index in [2.05, 4.69) is 22.5 Å². The molecule has 0 atom stereocenters. The van der Waals surface area contributed by atoms with E-state index >= 15 is 0 Å². The minimum Gasteiger partial charge on any atom is -0.504 e. The van der Waals surface area contributed by atoms with Crippen LogP contribution in [0.25, 0.3) is 0 Å². The highest BCUT2D eigenvalue weighted by molar-refractivity contribution is 5.79. The van der Waals surface area contributed by atoms with E-state index in [9.17, 15) is 5.11 Å². The van der Waals surface area contributed by atoms with Gasteiger partial charge >= 0.3 is 0 Å². The van der Waals surface area contributed by atoms with Crippen LogP contribution >= 0.6 is 0 Å². The minimum absolute atomic E-state index is 0.146. The largest absolute Gasteiger partial charge is 0.504 e. The van der Waals surface area contributed by atoms with Crippen molar-refractivity contribution in [3.8, 4) is 11.5 Å². The molecule has 0 aliphatic heterocycles. The van der Waals surface area contributed by atoms with Crippen LogP contribution in [-0.2, 0) is 6.54 Å². The smallest absolute Gasteiger partial charge is 0.191 e. The first-order valence-corrected chi connectivity index (χ1v) is 8.09. The average Bonchev–Trinajstić information content (AvgIpc) is 2.52. The van der Waals surface area contributed by atoms with Gasteiger partial charge in [-0.2, -0.15) is 0 Å². The minimum atomic E-state index is 0.146. The molecule has 5 nitrogen and oxygen atoms in total. The van der Waals surface area contributed by atoms with E-state index < -0.39 is 0 Å². The number of nitrogens with one attached hydrogen (secondary N) is 2. The number of nitrogens with zero attached hydrogens (tertiary/aromatic N) is 1. The first kappa shape index (κ1) is 18.1. The molecule has 0 spiro atoms. The lowest BCUT2D eigenvalue weighted by atomic mass is 10.2. The first-order valence-electron chi connectivity index (χ1n) is 8.09. The molecule has 0 saturated heterocycles. The van der Waals surface area contributed by atoms with E-state index in [0.29, 0.717) is 12.3 Å². The van der Waals surface area contributed by atoms with Crippen LogP contribution in [0.5, 0.6) is 11.5 Å². The molecule has 0 aliphatic rings. The molecule has 1 rings (SSSR count). The summed E-state index contributed by atoms with van der Waals surface area (Å²) in [5, 5.41) is 16.4. The number of phenols is 1. The van der Waals surface area contributed by atoms with E-state index in [-0.39, 0.29) is 5.75 Å². The average molecular weight is 307 g/mol. The van der Waals surface area contributed by atoms with Crippen LogP contribution in [0.2, 0.25) is 0 Å². The normalized spacial score (nSPS) is 11.3. The predicted octanol–water partition coefficient (Wildman–Crippen LogP) is 3.04. The summed E-state index contributed by atoms with van der Waals surface area (Å²) < 4.78 is 5.04. The van der Waals surface area contributed by atoms with E-state index in [1.165, 1.54) is 19.3 Å². The number of aliphatic imine (C=N–C) groups is 1. The van der Waals surface area contributed by atoms with E-state index in [1.54, 1.807) is 19.2 Å². The van der Waals surface area contributed by atoms with Gasteiger partial charge in [-0.05, 0) is 31.0 Å². The highest BCUT2D eigenvalue weighted by Gasteiger charge is 2.03. The molecule has 0 aliphatic carbocycles. The summed E-state index contributed by atoms with van der Waals surface area (Å²) in [6.45, 7) is 6.53. The number of hydrogen-bond acceptors (Lipinski definition) is 3. The van der Waals surface area contributed by atoms with Gasteiger partial charge < -0.3 is 20.5 Å². The molecule has 0 fully saturated rings. The maximum absolute atomic E-state index is 9.78. The Morgan fingerprint density at radius 3 is 2.64 bits per heavy atom. The van der Waals surface area contributed by atoms with Gasteiger partial charge in [-0.25, -0.2) is 4.99 Å². The molecule has 22 heavy (non-hydrogen) atoms. The Bertz CT molecular complexity index is 461. The molecule has 0 aromatic heterocycles. The Balaban J connectivity index is 2.52. The Morgan fingerprint density at radius 1 is 1.18 bits per heavy atom. The lowest BCUT2D eigenvalue weighted by Gasteiger charge is -2.11. The van der Waals surface area contributed by atoms with E-state index in [0.717, 1.165) is 31.0 Å². The lowest BCUT2D eigenvalue weighted by molar-refractivity contribution is 0.373. The third-order valence-electron chi connectivity index (χ3n) is 3.33. The summed E-state index contributed by atoms with van der Waals surface area (Å²) in [7, 11) is 1.54. The number of rotatable bonds is 9. The van der Waals surface area contributed by atoms with Crippen molar-refractivity contribution in [2.45, 2.75) is 46.1 Å². The van der Waals surface area contributed by atoms with Gasteiger partial charge in [0.25, 0.3) is 0 Å². The molecule has 0 amide bonds. The SMILES string of the molecule is CCCCCCNC(=NCc1ccc(OC)c(O)c1)NCC. The summed E-state index contributed by atoms with van der Waals surface area (Å²) in [5.74, 6) is 1.44. The fourth-order valence-corrected chi connectivity index (χ4v) is 2.10. The van der Waals surface area contributed by atoms with Crippen LogP contribution in [0.3, 0.4) is 0 Å². The number of benzene rings is 1. The van der Waals surface area contributed by atoms with Gasteiger partial charge in [0.15, 0.2) is 17.5 Å². The summed E-state index contributed by atoms with van der Waals surface area (Å²) >= 11 is 0. The van der Waals surface area contributed by atoms with Gasteiger partial charge in [-0.3, -0.25) is 0 Å². The molecular weight excluding hydrogens is 278 g/mol. The zero-order valence-corrected chi connectivity index (χ0v) is 14.0. The van der Waals surface area contributed by atoms with Crippen molar-refractivity contribution in [1.29, 1.82) is 0 Å². The van der Waals surface area contributed by atoms with Crippen molar-refractivity contribution in [3.05, 3.63) is 23.8 Å². The van der Waals surface area contributed by atoms with Gasteiger partial charge in [0.05, 0.1) is 13.7 Å². The highest BCUT2D eigenvalue weighted by atomic mass is 16.5. The number of phenolic OH excluding ortho intramolecular Hbond substituents is 1. The standard InChI is InChI=1S/C17H29N3O2/c1-4-6-7-8-11-19-17(18-5-2)20-13-14-9-10-16(22-3)15(21)12-14/h9-10,12,21H,4-8,11,13H2,1-3H3,(H2,18,19,20). The molecule has 0 unspecified atom stereocenters. The molecule has 5 heteroatoms. The van der Waals surface area contributed by atoms with Crippen LogP contribution in [0.1, 0.15) is 45.1 Å². The molecule has 124 valence electrons. The van der Waals surface area contributed by atoms with Gasteiger partial charge in [0.1, 0.15) is 0 Å².